The second-order valence-corrected chi connectivity index (χ2v) is 7.53. The van der Waals surface area contributed by atoms with Crippen molar-refractivity contribution in [1.82, 2.24) is 4.98 Å². The minimum atomic E-state index is -0.490. The molecule has 1 aromatic heterocycles. The van der Waals surface area contributed by atoms with E-state index in [1.54, 1.807) is 6.20 Å². The number of anilines is 2. The Morgan fingerprint density at radius 3 is 2.59 bits per heavy atom. The van der Waals surface area contributed by atoms with Gasteiger partial charge in [-0.3, -0.25) is 9.78 Å². The fraction of sp³-hybridized carbons (Fsp3) is 0.429. The average molecular weight is 365 g/mol. The molecule has 0 atom stereocenters. The van der Waals surface area contributed by atoms with Gasteiger partial charge in [-0.05, 0) is 49.9 Å². The van der Waals surface area contributed by atoms with Gasteiger partial charge in [-0.2, -0.15) is 0 Å². The summed E-state index contributed by atoms with van der Waals surface area (Å²) in [6.07, 6.45) is 8.16. The summed E-state index contributed by atoms with van der Waals surface area (Å²) in [5.74, 6) is 0.749. The molecule has 6 heteroatoms. The van der Waals surface area contributed by atoms with Crippen LogP contribution in [0.3, 0.4) is 0 Å². The van der Waals surface area contributed by atoms with Gasteiger partial charge in [0.15, 0.2) is 11.5 Å². The minimum Gasteiger partial charge on any atom is -0.448 e. The first kappa shape index (κ1) is 16.4. The zero-order valence-corrected chi connectivity index (χ0v) is 15.2. The molecule has 1 amide bonds. The predicted molar refractivity (Wildman–Crippen MR) is 103 cm³/mol. The second-order valence-electron chi connectivity index (χ2n) is 7.53. The zero-order valence-electron chi connectivity index (χ0n) is 15.2. The number of nitrogens with one attached hydrogen (secondary N) is 1. The summed E-state index contributed by atoms with van der Waals surface area (Å²) < 4.78 is 12.1. The van der Waals surface area contributed by atoms with Crippen molar-refractivity contribution in [2.24, 2.45) is 0 Å². The van der Waals surface area contributed by atoms with E-state index in [1.807, 2.05) is 30.3 Å². The third-order valence-corrected chi connectivity index (χ3v) is 5.61. The molecule has 27 heavy (non-hydrogen) atoms. The van der Waals surface area contributed by atoms with Crippen LogP contribution in [0.2, 0.25) is 0 Å². The number of carbonyl (C=O) groups excluding carboxylic acids is 1. The number of hydrogen-bond donors (Lipinski definition) is 1. The molecule has 1 N–H and O–H groups in total. The highest BCUT2D eigenvalue weighted by atomic mass is 16.7. The lowest BCUT2D eigenvalue weighted by molar-refractivity contribution is -0.0716. The molecular weight excluding hydrogens is 342 g/mol. The Labute approximate surface area is 158 Å². The summed E-state index contributed by atoms with van der Waals surface area (Å²) >= 11 is 0. The maximum Gasteiger partial charge on any atom is 0.274 e. The van der Waals surface area contributed by atoms with Gasteiger partial charge in [0.25, 0.3) is 11.7 Å². The number of hydrogen-bond acceptors (Lipinski definition) is 5. The van der Waals surface area contributed by atoms with Gasteiger partial charge in [-0.1, -0.05) is 0 Å². The summed E-state index contributed by atoms with van der Waals surface area (Å²) in [6, 6.07) is 9.37. The fourth-order valence-corrected chi connectivity index (χ4v) is 4.20. The number of benzene rings is 1. The number of fused-ring (bicyclic) bond motifs is 1. The number of carbonyl (C=O) groups is 1. The number of amides is 1. The smallest absolute Gasteiger partial charge is 0.274 e. The number of rotatable bonds is 3. The molecule has 2 fully saturated rings. The van der Waals surface area contributed by atoms with E-state index in [0.29, 0.717) is 17.1 Å². The summed E-state index contributed by atoms with van der Waals surface area (Å²) in [5, 5.41) is 2.93. The fourth-order valence-electron chi connectivity index (χ4n) is 4.20. The molecule has 5 rings (SSSR count). The van der Waals surface area contributed by atoms with Crippen molar-refractivity contribution >= 4 is 17.3 Å². The molecule has 3 aliphatic rings. The van der Waals surface area contributed by atoms with Crippen molar-refractivity contribution in [2.45, 2.75) is 44.3 Å². The third kappa shape index (κ3) is 3.09. The van der Waals surface area contributed by atoms with E-state index in [0.717, 1.165) is 50.2 Å². The van der Waals surface area contributed by atoms with Crippen molar-refractivity contribution in [2.75, 3.05) is 23.3 Å². The van der Waals surface area contributed by atoms with E-state index in [-0.39, 0.29) is 5.91 Å². The molecule has 1 saturated carbocycles. The molecule has 2 aromatic rings. The van der Waals surface area contributed by atoms with E-state index >= 15 is 0 Å². The SMILES string of the molecule is O=C(Nc1ccc2c(c1)OC1(CCCC1)O2)c1cc(N2CCCC2)ccn1. The van der Waals surface area contributed by atoms with Gasteiger partial charge in [0, 0.05) is 49.6 Å². The average Bonchev–Trinajstić information content (AvgIpc) is 3.43. The van der Waals surface area contributed by atoms with E-state index in [1.165, 1.54) is 12.8 Å². The molecule has 0 radical (unpaired) electrons. The van der Waals surface area contributed by atoms with Crippen molar-refractivity contribution in [3.8, 4) is 11.5 Å². The molecule has 140 valence electrons. The monoisotopic (exact) mass is 365 g/mol. The highest BCUT2D eigenvalue weighted by Crippen LogP contribution is 2.47. The van der Waals surface area contributed by atoms with Gasteiger partial charge in [0.1, 0.15) is 5.69 Å². The van der Waals surface area contributed by atoms with Crippen LogP contribution in [-0.2, 0) is 0 Å². The van der Waals surface area contributed by atoms with Crippen LogP contribution in [0.25, 0.3) is 0 Å². The van der Waals surface area contributed by atoms with Crippen LogP contribution in [0.4, 0.5) is 11.4 Å². The van der Waals surface area contributed by atoms with Gasteiger partial charge in [-0.15, -0.1) is 0 Å². The number of pyridine rings is 1. The Hall–Kier alpha value is -2.76. The Bertz CT molecular complexity index is 871. The largest absolute Gasteiger partial charge is 0.448 e. The Morgan fingerprint density at radius 2 is 1.78 bits per heavy atom. The van der Waals surface area contributed by atoms with Crippen molar-refractivity contribution in [1.29, 1.82) is 0 Å². The molecule has 2 aliphatic heterocycles. The lowest BCUT2D eigenvalue weighted by Gasteiger charge is -2.21. The lowest BCUT2D eigenvalue weighted by Crippen LogP contribution is -2.34. The third-order valence-electron chi connectivity index (χ3n) is 5.61. The molecule has 3 heterocycles. The van der Waals surface area contributed by atoms with Crippen molar-refractivity contribution in [3.05, 3.63) is 42.2 Å². The van der Waals surface area contributed by atoms with Gasteiger partial charge < -0.3 is 19.7 Å². The number of ether oxygens (including phenoxy) is 2. The maximum absolute atomic E-state index is 12.7. The van der Waals surface area contributed by atoms with Crippen LogP contribution in [-0.4, -0.2) is 29.8 Å². The van der Waals surface area contributed by atoms with Crippen LogP contribution in [0.1, 0.15) is 49.0 Å². The summed E-state index contributed by atoms with van der Waals surface area (Å²) in [6.45, 7) is 2.07. The first-order valence-corrected chi connectivity index (χ1v) is 9.75. The minimum absolute atomic E-state index is 0.217. The molecular formula is C21H23N3O3. The summed E-state index contributed by atoms with van der Waals surface area (Å²) in [7, 11) is 0. The van der Waals surface area contributed by atoms with E-state index < -0.39 is 5.79 Å². The normalized spacial score (nSPS) is 19.6. The molecule has 0 unspecified atom stereocenters. The standard InChI is InChI=1S/C21H23N3O3/c25-20(17-14-16(7-10-22-17)24-11-3-4-12-24)23-15-5-6-18-19(13-15)27-21(26-18)8-1-2-9-21/h5-7,10,13-14H,1-4,8-9,11-12H2,(H,23,25). The molecule has 1 saturated heterocycles. The van der Waals surface area contributed by atoms with Gasteiger partial charge >= 0.3 is 0 Å². The highest BCUT2D eigenvalue weighted by Gasteiger charge is 2.44. The molecule has 1 aliphatic carbocycles. The summed E-state index contributed by atoms with van der Waals surface area (Å²) in [5.41, 5.74) is 2.16. The van der Waals surface area contributed by atoms with Crippen molar-refractivity contribution in [3.63, 3.8) is 0 Å². The molecule has 1 spiro atoms. The zero-order chi connectivity index (χ0) is 18.3. The molecule has 0 bridgehead atoms. The van der Waals surface area contributed by atoms with Crippen LogP contribution in [0, 0.1) is 0 Å². The second kappa shape index (κ2) is 6.44. The van der Waals surface area contributed by atoms with Crippen LogP contribution in [0.5, 0.6) is 11.5 Å². The number of aromatic nitrogens is 1. The van der Waals surface area contributed by atoms with Crippen LogP contribution < -0.4 is 19.7 Å². The van der Waals surface area contributed by atoms with Gasteiger partial charge in [0.2, 0.25) is 0 Å². The number of nitrogens with zero attached hydrogens (tertiary/aromatic N) is 2. The first-order chi connectivity index (χ1) is 13.2. The Kier molecular flexibility index (Phi) is 3.92. The Morgan fingerprint density at radius 1 is 1.00 bits per heavy atom. The maximum atomic E-state index is 12.7. The van der Waals surface area contributed by atoms with Gasteiger partial charge in [-0.25, -0.2) is 0 Å². The molecule has 1 aromatic carbocycles. The first-order valence-electron chi connectivity index (χ1n) is 9.75. The van der Waals surface area contributed by atoms with Crippen molar-refractivity contribution < 1.29 is 14.3 Å². The highest BCUT2D eigenvalue weighted by molar-refractivity contribution is 6.03. The summed E-state index contributed by atoms with van der Waals surface area (Å²) in [4.78, 5) is 19.2. The Balaban J connectivity index is 1.31. The van der Waals surface area contributed by atoms with Gasteiger partial charge in [0.05, 0.1) is 0 Å². The molecule has 6 nitrogen and oxygen atoms in total. The predicted octanol–water partition coefficient (Wildman–Crippen LogP) is 3.98. The lowest BCUT2D eigenvalue weighted by atomic mass is 10.2. The van der Waals surface area contributed by atoms with Crippen LogP contribution in [0.15, 0.2) is 36.5 Å². The van der Waals surface area contributed by atoms with Crippen LogP contribution >= 0.6 is 0 Å². The van der Waals surface area contributed by atoms with E-state index in [4.69, 9.17) is 9.47 Å². The quantitative estimate of drug-likeness (QED) is 0.891. The van der Waals surface area contributed by atoms with E-state index in [9.17, 15) is 4.79 Å². The van der Waals surface area contributed by atoms with E-state index in [2.05, 4.69) is 15.2 Å². The topological polar surface area (TPSA) is 63.7 Å².